The van der Waals surface area contributed by atoms with E-state index in [4.69, 9.17) is 22.7 Å². The molecule has 0 saturated carbocycles. The van der Waals surface area contributed by atoms with Crippen LogP contribution in [0.5, 0.6) is 5.75 Å². The van der Waals surface area contributed by atoms with Crippen molar-refractivity contribution >= 4 is 17.2 Å². The van der Waals surface area contributed by atoms with Gasteiger partial charge in [0.25, 0.3) is 0 Å². The van der Waals surface area contributed by atoms with Gasteiger partial charge < -0.3 is 10.5 Å². The van der Waals surface area contributed by atoms with E-state index in [9.17, 15) is 0 Å². The fraction of sp³-hybridized carbons (Fsp3) is 0.286. The van der Waals surface area contributed by atoms with Crippen LogP contribution in [0.2, 0.25) is 0 Å². The third-order valence-electron chi connectivity index (χ3n) is 2.65. The van der Waals surface area contributed by atoms with Gasteiger partial charge in [-0.05, 0) is 30.2 Å². The number of ether oxygens (including phenoxy) is 1. The van der Waals surface area contributed by atoms with Crippen molar-refractivity contribution in [3.05, 3.63) is 47.8 Å². The third-order valence-corrected chi connectivity index (χ3v) is 2.80. The Morgan fingerprint density at radius 3 is 2.68 bits per heavy atom. The number of nitrogens with two attached hydrogens (primary N) is 1. The molecule has 0 atom stereocenters. The zero-order valence-corrected chi connectivity index (χ0v) is 11.7. The van der Waals surface area contributed by atoms with Gasteiger partial charge in [0, 0.05) is 12.6 Å². The summed E-state index contributed by atoms with van der Waals surface area (Å²) >= 11 is 4.87. The molecular formula is C14H17N3OS. The van der Waals surface area contributed by atoms with Gasteiger partial charge in [-0.1, -0.05) is 24.4 Å². The van der Waals surface area contributed by atoms with Crippen LogP contribution in [0.1, 0.15) is 11.1 Å². The number of aromatic nitrogens is 2. The number of aryl methyl sites for hydroxylation is 1. The molecule has 5 heteroatoms. The van der Waals surface area contributed by atoms with E-state index in [0.717, 1.165) is 23.4 Å². The van der Waals surface area contributed by atoms with E-state index in [-0.39, 0.29) is 0 Å². The average molecular weight is 275 g/mol. The van der Waals surface area contributed by atoms with Gasteiger partial charge in [0.1, 0.15) is 12.4 Å². The molecule has 0 radical (unpaired) electrons. The minimum Gasteiger partial charge on any atom is -0.492 e. The maximum absolute atomic E-state index is 5.65. The van der Waals surface area contributed by atoms with Crippen LogP contribution < -0.4 is 10.5 Å². The second-order valence-electron chi connectivity index (χ2n) is 4.42. The Bertz CT molecular complexity index is 548. The summed E-state index contributed by atoms with van der Waals surface area (Å²) in [5.74, 6) is 0.843. The van der Waals surface area contributed by atoms with Crippen molar-refractivity contribution in [3.63, 3.8) is 0 Å². The molecule has 1 aromatic heterocycles. The molecule has 1 aromatic carbocycles. The largest absolute Gasteiger partial charge is 0.492 e. The van der Waals surface area contributed by atoms with Crippen molar-refractivity contribution in [3.8, 4) is 5.75 Å². The van der Waals surface area contributed by atoms with Crippen molar-refractivity contribution in [2.45, 2.75) is 19.9 Å². The van der Waals surface area contributed by atoms with Crippen LogP contribution in [0.25, 0.3) is 0 Å². The maximum atomic E-state index is 5.65. The molecule has 2 N–H and O–H groups in total. The minimum absolute atomic E-state index is 0.503. The molecule has 0 saturated heterocycles. The van der Waals surface area contributed by atoms with Gasteiger partial charge in [-0.3, -0.25) is 4.68 Å². The molecule has 2 aromatic rings. The van der Waals surface area contributed by atoms with E-state index >= 15 is 0 Å². The van der Waals surface area contributed by atoms with Gasteiger partial charge in [-0.25, -0.2) is 0 Å². The lowest BCUT2D eigenvalue weighted by Gasteiger charge is -2.07. The molecule has 19 heavy (non-hydrogen) atoms. The average Bonchev–Trinajstić information content (AvgIpc) is 2.77. The van der Waals surface area contributed by atoms with Crippen LogP contribution >= 0.6 is 12.2 Å². The summed E-state index contributed by atoms with van der Waals surface area (Å²) in [6.07, 6.45) is 4.46. The molecule has 0 fully saturated rings. The van der Waals surface area contributed by atoms with Crippen LogP contribution in [0.4, 0.5) is 0 Å². The first-order chi connectivity index (χ1) is 9.13. The predicted molar refractivity (Wildman–Crippen MR) is 79.4 cm³/mol. The normalized spacial score (nSPS) is 10.4. The predicted octanol–water partition coefficient (Wildman–Crippen LogP) is 2.10. The Morgan fingerprint density at radius 2 is 2.11 bits per heavy atom. The fourth-order valence-electron chi connectivity index (χ4n) is 1.75. The molecule has 0 aliphatic heterocycles. The monoisotopic (exact) mass is 275 g/mol. The van der Waals surface area contributed by atoms with Crippen molar-refractivity contribution < 1.29 is 4.74 Å². The van der Waals surface area contributed by atoms with Crippen molar-refractivity contribution in [2.75, 3.05) is 6.61 Å². The topological polar surface area (TPSA) is 53.1 Å². The highest BCUT2D eigenvalue weighted by Crippen LogP contribution is 2.12. The number of hydrogen-bond donors (Lipinski definition) is 1. The van der Waals surface area contributed by atoms with E-state index in [1.807, 2.05) is 48.3 Å². The minimum atomic E-state index is 0.503. The van der Waals surface area contributed by atoms with Gasteiger partial charge in [-0.15, -0.1) is 0 Å². The van der Waals surface area contributed by atoms with E-state index in [1.54, 1.807) is 0 Å². The van der Waals surface area contributed by atoms with Crippen LogP contribution in [0.15, 0.2) is 36.7 Å². The smallest absolute Gasteiger partial charge is 0.119 e. The van der Waals surface area contributed by atoms with Crippen molar-refractivity contribution in [2.24, 2.45) is 5.73 Å². The van der Waals surface area contributed by atoms with E-state index < -0.39 is 0 Å². The lowest BCUT2D eigenvalue weighted by atomic mass is 10.1. The van der Waals surface area contributed by atoms with Crippen LogP contribution in [-0.4, -0.2) is 21.4 Å². The quantitative estimate of drug-likeness (QED) is 0.820. The Labute approximate surface area is 118 Å². The lowest BCUT2D eigenvalue weighted by Crippen LogP contribution is -2.11. The molecule has 0 bridgehead atoms. The van der Waals surface area contributed by atoms with Crippen LogP contribution in [0.3, 0.4) is 0 Å². The highest BCUT2D eigenvalue weighted by atomic mass is 32.1. The number of nitrogens with zero attached hydrogens (tertiary/aromatic N) is 2. The summed E-state index contributed by atoms with van der Waals surface area (Å²) in [6.45, 7) is 3.35. The molecule has 0 amide bonds. The van der Waals surface area contributed by atoms with Gasteiger partial charge in [-0.2, -0.15) is 5.10 Å². The second kappa shape index (κ2) is 6.33. The standard InChI is InChI=1S/C14H17N3OS/c1-11-9-16-17(10-11)6-7-18-13-4-2-12(3-5-13)8-14(15)19/h2-5,9-10H,6-8H2,1H3,(H2,15,19). The zero-order chi connectivity index (χ0) is 13.7. The lowest BCUT2D eigenvalue weighted by molar-refractivity contribution is 0.291. The Morgan fingerprint density at radius 1 is 1.37 bits per heavy atom. The van der Waals surface area contributed by atoms with Crippen LogP contribution in [-0.2, 0) is 13.0 Å². The number of hydrogen-bond acceptors (Lipinski definition) is 3. The first-order valence-electron chi connectivity index (χ1n) is 6.12. The first-order valence-corrected chi connectivity index (χ1v) is 6.53. The fourth-order valence-corrected chi connectivity index (χ4v) is 1.92. The highest BCUT2D eigenvalue weighted by molar-refractivity contribution is 7.80. The summed E-state index contributed by atoms with van der Waals surface area (Å²) in [6, 6.07) is 7.82. The molecule has 1 heterocycles. The van der Waals surface area contributed by atoms with Gasteiger partial charge >= 0.3 is 0 Å². The summed E-state index contributed by atoms with van der Waals surface area (Å²) < 4.78 is 7.53. The molecule has 0 aliphatic rings. The van der Waals surface area contributed by atoms with E-state index in [0.29, 0.717) is 18.0 Å². The summed E-state index contributed by atoms with van der Waals surface area (Å²) in [5, 5.41) is 4.20. The molecule has 4 nitrogen and oxygen atoms in total. The molecular weight excluding hydrogens is 258 g/mol. The van der Waals surface area contributed by atoms with Gasteiger partial charge in [0.15, 0.2) is 0 Å². The zero-order valence-electron chi connectivity index (χ0n) is 10.9. The summed E-state index contributed by atoms with van der Waals surface area (Å²) in [7, 11) is 0. The Hall–Kier alpha value is -1.88. The first kappa shape index (κ1) is 13.5. The van der Waals surface area contributed by atoms with E-state index in [1.165, 1.54) is 0 Å². The van der Waals surface area contributed by atoms with Gasteiger partial charge in [0.2, 0.25) is 0 Å². The highest BCUT2D eigenvalue weighted by Gasteiger charge is 1.98. The number of thiocarbonyl (C=S) groups is 1. The molecule has 2 rings (SSSR count). The van der Waals surface area contributed by atoms with Crippen molar-refractivity contribution in [1.82, 2.24) is 9.78 Å². The maximum Gasteiger partial charge on any atom is 0.119 e. The molecule has 0 aliphatic carbocycles. The van der Waals surface area contributed by atoms with Gasteiger partial charge in [0.05, 0.1) is 17.7 Å². The van der Waals surface area contributed by atoms with E-state index in [2.05, 4.69) is 5.10 Å². The molecule has 100 valence electrons. The van der Waals surface area contributed by atoms with Crippen molar-refractivity contribution in [1.29, 1.82) is 0 Å². The Balaban J connectivity index is 1.81. The number of rotatable bonds is 6. The Kier molecular flexibility index (Phi) is 4.52. The third kappa shape index (κ3) is 4.37. The molecule has 0 spiro atoms. The summed E-state index contributed by atoms with van der Waals surface area (Å²) in [4.78, 5) is 0.503. The number of benzene rings is 1. The summed E-state index contributed by atoms with van der Waals surface area (Å²) in [5.41, 5.74) is 7.75. The molecule has 0 unspecified atom stereocenters. The SMILES string of the molecule is Cc1cnn(CCOc2ccc(CC(N)=S)cc2)c1. The van der Waals surface area contributed by atoms with Crippen LogP contribution in [0, 0.1) is 6.92 Å². The second-order valence-corrected chi connectivity index (χ2v) is 4.94.